The van der Waals surface area contributed by atoms with Gasteiger partial charge in [0, 0.05) is 6.07 Å². The van der Waals surface area contributed by atoms with E-state index >= 15 is 0 Å². The third-order valence-electron chi connectivity index (χ3n) is 2.53. The monoisotopic (exact) mass is 288 g/mol. The van der Waals surface area contributed by atoms with E-state index in [1.54, 1.807) is 12.1 Å². The van der Waals surface area contributed by atoms with Crippen LogP contribution in [0.25, 0.3) is 0 Å². The summed E-state index contributed by atoms with van der Waals surface area (Å²) in [6.45, 7) is 0.0711. The first-order valence-corrected chi connectivity index (χ1v) is 6.00. The van der Waals surface area contributed by atoms with Crippen LogP contribution >= 0.6 is 0 Å². The van der Waals surface area contributed by atoms with E-state index in [0.717, 1.165) is 17.7 Å². The third kappa shape index (κ3) is 4.20. The fraction of sp³-hybridized carbons (Fsp3) is 0.0714. The van der Waals surface area contributed by atoms with Crippen molar-refractivity contribution in [2.24, 2.45) is 0 Å². The number of nitrogens with one attached hydrogen (secondary N) is 2. The van der Waals surface area contributed by atoms with Crippen LogP contribution in [0.4, 0.5) is 10.5 Å². The molecular formula is C14H12N2O5. The summed E-state index contributed by atoms with van der Waals surface area (Å²) < 4.78 is 4.96. The normalized spacial score (nSPS) is 9.90. The molecule has 0 saturated heterocycles. The van der Waals surface area contributed by atoms with Crippen LogP contribution in [0.15, 0.2) is 47.3 Å². The fourth-order valence-corrected chi connectivity index (χ4v) is 1.61. The molecule has 0 fully saturated rings. The predicted octanol–water partition coefficient (Wildman–Crippen LogP) is 1.82. The lowest BCUT2D eigenvalue weighted by Crippen LogP contribution is -2.18. The maximum atomic E-state index is 11.6. The van der Waals surface area contributed by atoms with Crippen LogP contribution < -0.4 is 10.9 Å². The molecule has 0 unspecified atom stereocenters. The number of H-pyrrole nitrogens is 1. The maximum absolute atomic E-state index is 11.6. The Hall–Kier alpha value is -3.09. The number of hydrogen-bond donors (Lipinski definition) is 3. The van der Waals surface area contributed by atoms with Gasteiger partial charge in [0.15, 0.2) is 0 Å². The lowest BCUT2D eigenvalue weighted by atomic mass is 10.2. The Morgan fingerprint density at radius 2 is 1.90 bits per heavy atom. The third-order valence-corrected chi connectivity index (χ3v) is 2.53. The number of ether oxygens (including phenoxy) is 1. The minimum Gasteiger partial charge on any atom is -0.477 e. The van der Waals surface area contributed by atoms with Crippen LogP contribution in [-0.4, -0.2) is 22.2 Å². The molecular weight excluding hydrogens is 276 g/mol. The van der Waals surface area contributed by atoms with Gasteiger partial charge in [0.2, 0.25) is 0 Å². The summed E-state index contributed by atoms with van der Waals surface area (Å²) in [4.78, 5) is 35.8. The van der Waals surface area contributed by atoms with Crippen LogP contribution in [0.5, 0.6) is 0 Å². The summed E-state index contributed by atoms with van der Waals surface area (Å²) in [6.07, 6.45) is -0.777. The molecule has 0 bridgehead atoms. The van der Waals surface area contributed by atoms with Crippen molar-refractivity contribution in [3.05, 3.63) is 64.1 Å². The largest absolute Gasteiger partial charge is 0.477 e. The molecule has 7 nitrogen and oxygen atoms in total. The summed E-state index contributed by atoms with van der Waals surface area (Å²) >= 11 is 0. The van der Waals surface area contributed by atoms with E-state index in [1.807, 2.05) is 18.2 Å². The molecule has 2 aromatic rings. The lowest BCUT2D eigenvalue weighted by molar-refractivity contribution is 0.0690. The highest BCUT2D eigenvalue weighted by atomic mass is 16.5. The molecule has 2 rings (SSSR count). The molecule has 1 heterocycles. The average Bonchev–Trinajstić information content (AvgIpc) is 2.45. The number of anilines is 1. The summed E-state index contributed by atoms with van der Waals surface area (Å²) in [5.74, 6) is -1.30. The van der Waals surface area contributed by atoms with Crippen LogP contribution in [-0.2, 0) is 11.3 Å². The maximum Gasteiger partial charge on any atom is 0.411 e. The first-order valence-electron chi connectivity index (χ1n) is 6.00. The van der Waals surface area contributed by atoms with Crippen molar-refractivity contribution >= 4 is 17.7 Å². The second kappa shape index (κ2) is 6.38. The number of aromatic amines is 1. The standard InChI is InChI=1S/C14H12N2O5/c17-12-7-10(6-11(16-12)13(18)19)15-14(20)21-8-9-4-2-1-3-5-9/h1-7H,8H2,(H,18,19)(H2,15,16,17,20). The number of carboxylic acid groups (broad SMARTS) is 1. The van der Waals surface area contributed by atoms with Gasteiger partial charge in [-0.1, -0.05) is 30.3 Å². The van der Waals surface area contributed by atoms with E-state index in [0.29, 0.717) is 0 Å². The van der Waals surface area contributed by atoms with Gasteiger partial charge in [-0.25, -0.2) is 9.59 Å². The van der Waals surface area contributed by atoms with Crippen molar-refractivity contribution in [1.29, 1.82) is 0 Å². The number of aromatic nitrogens is 1. The van der Waals surface area contributed by atoms with E-state index in [2.05, 4.69) is 10.3 Å². The molecule has 0 spiro atoms. The molecule has 0 saturated carbocycles. The number of pyridine rings is 1. The van der Waals surface area contributed by atoms with Gasteiger partial charge in [-0.15, -0.1) is 0 Å². The number of carboxylic acids is 1. The Balaban J connectivity index is 1.99. The second-order valence-corrected chi connectivity index (χ2v) is 4.14. The number of aromatic carboxylic acids is 1. The topological polar surface area (TPSA) is 108 Å². The van der Waals surface area contributed by atoms with E-state index in [-0.39, 0.29) is 18.0 Å². The van der Waals surface area contributed by atoms with Crippen LogP contribution in [0, 0.1) is 0 Å². The number of carbonyl (C=O) groups is 2. The zero-order valence-corrected chi connectivity index (χ0v) is 10.8. The number of rotatable bonds is 4. The van der Waals surface area contributed by atoms with E-state index in [4.69, 9.17) is 9.84 Å². The summed E-state index contributed by atoms with van der Waals surface area (Å²) in [6, 6.07) is 11.3. The highest BCUT2D eigenvalue weighted by molar-refractivity contribution is 5.89. The summed E-state index contributed by atoms with van der Waals surface area (Å²) in [5.41, 5.74) is -0.0897. The van der Waals surface area contributed by atoms with Gasteiger partial charge in [0.25, 0.3) is 5.56 Å². The summed E-state index contributed by atoms with van der Waals surface area (Å²) in [7, 11) is 0. The molecule has 1 aromatic heterocycles. The van der Waals surface area contributed by atoms with E-state index in [1.165, 1.54) is 0 Å². The van der Waals surface area contributed by atoms with Crippen molar-refractivity contribution in [2.45, 2.75) is 6.61 Å². The van der Waals surface area contributed by atoms with Crippen LogP contribution in [0.2, 0.25) is 0 Å². The zero-order valence-electron chi connectivity index (χ0n) is 10.8. The number of hydrogen-bond acceptors (Lipinski definition) is 4. The number of carbonyl (C=O) groups excluding carboxylic acids is 1. The zero-order chi connectivity index (χ0) is 15.2. The molecule has 3 N–H and O–H groups in total. The van der Waals surface area contributed by atoms with E-state index < -0.39 is 17.6 Å². The average molecular weight is 288 g/mol. The first kappa shape index (κ1) is 14.3. The van der Waals surface area contributed by atoms with Gasteiger partial charge >= 0.3 is 12.1 Å². The van der Waals surface area contributed by atoms with Crippen molar-refractivity contribution in [1.82, 2.24) is 4.98 Å². The lowest BCUT2D eigenvalue weighted by Gasteiger charge is -2.07. The van der Waals surface area contributed by atoms with Gasteiger partial charge in [0.1, 0.15) is 12.3 Å². The second-order valence-electron chi connectivity index (χ2n) is 4.14. The molecule has 108 valence electrons. The smallest absolute Gasteiger partial charge is 0.411 e. The Morgan fingerprint density at radius 3 is 2.57 bits per heavy atom. The summed E-state index contributed by atoms with van der Waals surface area (Å²) in [5, 5.41) is 11.1. The SMILES string of the molecule is O=C(Nc1cc(C(=O)O)[nH]c(=O)c1)OCc1ccccc1. The molecule has 21 heavy (non-hydrogen) atoms. The quantitative estimate of drug-likeness (QED) is 0.795. The van der Waals surface area contributed by atoms with Crippen molar-refractivity contribution in [3.8, 4) is 0 Å². The molecule has 0 aliphatic carbocycles. The molecule has 1 aromatic carbocycles. The number of benzene rings is 1. The Labute approximate surface area is 119 Å². The highest BCUT2D eigenvalue weighted by Crippen LogP contribution is 2.07. The first-order chi connectivity index (χ1) is 10.0. The van der Waals surface area contributed by atoms with Crippen LogP contribution in [0.3, 0.4) is 0 Å². The minimum atomic E-state index is -1.30. The predicted molar refractivity (Wildman–Crippen MR) is 74.3 cm³/mol. The van der Waals surface area contributed by atoms with Crippen molar-refractivity contribution in [3.63, 3.8) is 0 Å². The van der Waals surface area contributed by atoms with Crippen LogP contribution in [0.1, 0.15) is 16.1 Å². The number of amides is 1. The van der Waals surface area contributed by atoms with E-state index in [9.17, 15) is 14.4 Å². The molecule has 0 aliphatic rings. The van der Waals surface area contributed by atoms with Gasteiger partial charge < -0.3 is 14.8 Å². The molecule has 0 atom stereocenters. The van der Waals surface area contributed by atoms with Crippen molar-refractivity contribution < 1.29 is 19.4 Å². The van der Waals surface area contributed by atoms with Crippen molar-refractivity contribution in [2.75, 3.05) is 5.32 Å². The van der Waals surface area contributed by atoms with Gasteiger partial charge in [-0.05, 0) is 11.6 Å². The Morgan fingerprint density at radius 1 is 1.19 bits per heavy atom. The molecule has 0 radical (unpaired) electrons. The Kier molecular flexibility index (Phi) is 4.35. The Bertz CT molecular complexity index is 709. The van der Waals surface area contributed by atoms with Gasteiger partial charge in [-0.2, -0.15) is 0 Å². The molecule has 0 aliphatic heterocycles. The molecule has 7 heteroatoms. The highest BCUT2D eigenvalue weighted by Gasteiger charge is 2.09. The van der Waals surface area contributed by atoms with Gasteiger partial charge in [0.05, 0.1) is 5.69 Å². The fourth-order valence-electron chi connectivity index (χ4n) is 1.61. The molecule has 1 amide bonds. The van der Waals surface area contributed by atoms with Gasteiger partial charge in [-0.3, -0.25) is 10.1 Å². The minimum absolute atomic E-state index is 0.0502.